The van der Waals surface area contributed by atoms with Gasteiger partial charge in [0.05, 0.1) is 0 Å². The van der Waals surface area contributed by atoms with Crippen LogP contribution in [0.3, 0.4) is 0 Å². The van der Waals surface area contributed by atoms with Crippen molar-refractivity contribution in [1.82, 2.24) is 10.2 Å². The second kappa shape index (κ2) is 4.28. The maximum absolute atomic E-state index is 10.7. The fraction of sp³-hybridized carbons (Fsp3) is 0.500. The van der Waals surface area contributed by atoms with Crippen LogP contribution in [0.5, 0.6) is 0 Å². The number of likely N-dealkylation sites (tertiary alicyclic amines) is 1. The van der Waals surface area contributed by atoms with Gasteiger partial charge in [0, 0.05) is 24.7 Å². The molecule has 2 fully saturated rings. The molecule has 1 saturated carbocycles. The van der Waals surface area contributed by atoms with Gasteiger partial charge in [0.15, 0.2) is 0 Å². The molecule has 1 heterocycles. The van der Waals surface area contributed by atoms with Crippen LogP contribution in [0.1, 0.15) is 24.8 Å². The molecule has 3 rings (SSSR count). The summed E-state index contributed by atoms with van der Waals surface area (Å²) < 4.78 is 0. The maximum Gasteiger partial charge on any atom is 0.404 e. The van der Waals surface area contributed by atoms with Crippen LogP contribution in [0.25, 0.3) is 0 Å². The normalized spacial score (nSPS) is 25.9. The molecule has 1 aromatic carbocycles. The average Bonchev–Trinajstić information content (AvgIpc) is 3.05. The van der Waals surface area contributed by atoms with E-state index in [-0.39, 0.29) is 11.6 Å². The molecular weight excluding hydrogens is 228 g/mol. The summed E-state index contributed by atoms with van der Waals surface area (Å²) in [6, 6.07) is 10.7. The number of nitrogens with one attached hydrogen (secondary N) is 1. The van der Waals surface area contributed by atoms with Crippen molar-refractivity contribution in [2.45, 2.75) is 30.8 Å². The highest BCUT2D eigenvalue weighted by molar-refractivity contribution is 5.64. The van der Waals surface area contributed by atoms with Crippen molar-refractivity contribution < 1.29 is 9.90 Å². The Morgan fingerprint density at radius 1 is 1.33 bits per heavy atom. The first kappa shape index (κ1) is 11.5. The third-order valence-corrected chi connectivity index (χ3v) is 4.16. The van der Waals surface area contributed by atoms with E-state index < -0.39 is 6.09 Å². The van der Waals surface area contributed by atoms with Crippen molar-refractivity contribution in [1.29, 1.82) is 0 Å². The lowest BCUT2D eigenvalue weighted by Gasteiger charge is -2.28. The van der Waals surface area contributed by atoms with Crippen molar-refractivity contribution in [3.63, 3.8) is 0 Å². The summed E-state index contributed by atoms with van der Waals surface area (Å²) in [5.74, 6) is 0. The summed E-state index contributed by atoms with van der Waals surface area (Å²) >= 11 is 0. The minimum atomic E-state index is -0.911. The average molecular weight is 246 g/mol. The molecule has 1 unspecified atom stereocenters. The number of nitrogens with zero attached hydrogens (tertiary/aromatic N) is 1. The third kappa shape index (κ3) is 1.97. The Labute approximate surface area is 107 Å². The molecule has 1 saturated heterocycles. The van der Waals surface area contributed by atoms with Gasteiger partial charge in [0.1, 0.15) is 0 Å². The molecule has 1 aliphatic heterocycles. The van der Waals surface area contributed by atoms with Gasteiger partial charge in [-0.05, 0) is 24.8 Å². The SMILES string of the molecule is O=C(O)NC1CCN(C2(c3ccccc3)CC2)C1. The number of hydrogen-bond acceptors (Lipinski definition) is 2. The minimum Gasteiger partial charge on any atom is -0.465 e. The molecule has 0 spiro atoms. The Bertz CT molecular complexity index is 442. The predicted octanol–water partition coefficient (Wildman–Crippen LogP) is 2.02. The lowest BCUT2D eigenvalue weighted by molar-refractivity contribution is 0.185. The number of carboxylic acid groups (broad SMARTS) is 1. The Morgan fingerprint density at radius 2 is 2.06 bits per heavy atom. The van der Waals surface area contributed by atoms with Crippen LogP contribution < -0.4 is 5.32 Å². The van der Waals surface area contributed by atoms with Crippen molar-refractivity contribution in [3.8, 4) is 0 Å². The highest BCUT2D eigenvalue weighted by atomic mass is 16.4. The van der Waals surface area contributed by atoms with Gasteiger partial charge in [-0.2, -0.15) is 0 Å². The summed E-state index contributed by atoms with van der Waals surface area (Å²) in [4.78, 5) is 13.1. The Kier molecular flexibility index (Phi) is 2.74. The molecule has 4 nitrogen and oxygen atoms in total. The molecule has 96 valence electrons. The van der Waals surface area contributed by atoms with Crippen LogP contribution >= 0.6 is 0 Å². The predicted molar refractivity (Wildman–Crippen MR) is 68.5 cm³/mol. The van der Waals surface area contributed by atoms with Gasteiger partial charge in [-0.3, -0.25) is 4.90 Å². The molecule has 1 aromatic rings. The first-order valence-electron chi connectivity index (χ1n) is 6.51. The van der Waals surface area contributed by atoms with Crippen LogP contribution in [-0.2, 0) is 5.54 Å². The minimum absolute atomic E-state index is 0.0867. The quantitative estimate of drug-likeness (QED) is 0.858. The summed E-state index contributed by atoms with van der Waals surface area (Å²) in [6.07, 6.45) is 2.39. The number of amides is 1. The fourth-order valence-corrected chi connectivity index (χ4v) is 3.10. The second-order valence-corrected chi connectivity index (χ2v) is 5.28. The van der Waals surface area contributed by atoms with Gasteiger partial charge >= 0.3 is 6.09 Å². The van der Waals surface area contributed by atoms with Gasteiger partial charge in [-0.15, -0.1) is 0 Å². The van der Waals surface area contributed by atoms with E-state index >= 15 is 0 Å². The maximum atomic E-state index is 10.7. The van der Waals surface area contributed by atoms with Gasteiger partial charge in [-0.25, -0.2) is 4.79 Å². The Balaban J connectivity index is 1.71. The van der Waals surface area contributed by atoms with Crippen molar-refractivity contribution in [2.24, 2.45) is 0 Å². The zero-order valence-electron chi connectivity index (χ0n) is 10.3. The molecule has 1 amide bonds. The van der Waals surface area contributed by atoms with E-state index in [1.54, 1.807) is 0 Å². The largest absolute Gasteiger partial charge is 0.465 e. The molecule has 18 heavy (non-hydrogen) atoms. The van der Waals surface area contributed by atoms with Crippen LogP contribution in [0.2, 0.25) is 0 Å². The number of carbonyl (C=O) groups is 1. The smallest absolute Gasteiger partial charge is 0.404 e. The van der Waals surface area contributed by atoms with Gasteiger partial charge < -0.3 is 10.4 Å². The van der Waals surface area contributed by atoms with Gasteiger partial charge in [-0.1, -0.05) is 30.3 Å². The van der Waals surface area contributed by atoms with E-state index in [1.807, 2.05) is 6.07 Å². The Morgan fingerprint density at radius 3 is 2.67 bits per heavy atom. The molecule has 1 atom stereocenters. The summed E-state index contributed by atoms with van der Waals surface area (Å²) in [6.45, 7) is 1.82. The lowest BCUT2D eigenvalue weighted by atomic mass is 10.0. The first-order valence-corrected chi connectivity index (χ1v) is 6.51. The van der Waals surface area contributed by atoms with Crippen molar-refractivity contribution in [2.75, 3.05) is 13.1 Å². The third-order valence-electron chi connectivity index (χ3n) is 4.16. The molecule has 4 heteroatoms. The highest BCUT2D eigenvalue weighted by Crippen LogP contribution is 2.51. The summed E-state index contributed by atoms with van der Waals surface area (Å²) in [5, 5.41) is 11.4. The molecular formula is C14H18N2O2. The van der Waals surface area contributed by atoms with Gasteiger partial charge in [0.25, 0.3) is 0 Å². The standard InChI is InChI=1S/C14H18N2O2/c17-13(18)15-12-6-9-16(10-12)14(7-8-14)11-4-2-1-3-5-11/h1-5,12,15H,6-10H2,(H,17,18). The second-order valence-electron chi connectivity index (χ2n) is 5.28. The first-order chi connectivity index (χ1) is 8.71. The zero-order chi connectivity index (χ0) is 12.6. The monoisotopic (exact) mass is 246 g/mol. The summed E-state index contributed by atoms with van der Waals surface area (Å²) in [5.41, 5.74) is 1.57. The molecule has 0 aromatic heterocycles. The van der Waals surface area contributed by atoms with E-state index in [1.165, 1.54) is 18.4 Å². The topological polar surface area (TPSA) is 52.6 Å². The van der Waals surface area contributed by atoms with Crippen LogP contribution in [0, 0.1) is 0 Å². The van der Waals surface area contributed by atoms with E-state index in [0.717, 1.165) is 19.5 Å². The van der Waals surface area contributed by atoms with Crippen molar-refractivity contribution >= 4 is 6.09 Å². The van der Waals surface area contributed by atoms with Crippen LogP contribution in [0.4, 0.5) is 4.79 Å². The number of rotatable bonds is 3. The molecule has 2 aliphatic rings. The number of hydrogen-bond donors (Lipinski definition) is 2. The van der Waals surface area contributed by atoms with Crippen molar-refractivity contribution in [3.05, 3.63) is 35.9 Å². The summed E-state index contributed by atoms with van der Waals surface area (Å²) in [7, 11) is 0. The highest BCUT2D eigenvalue weighted by Gasteiger charge is 2.51. The zero-order valence-corrected chi connectivity index (χ0v) is 10.3. The van der Waals surface area contributed by atoms with E-state index in [4.69, 9.17) is 5.11 Å². The molecule has 0 radical (unpaired) electrons. The van der Waals surface area contributed by atoms with E-state index in [9.17, 15) is 4.79 Å². The van der Waals surface area contributed by atoms with Crippen LogP contribution in [0.15, 0.2) is 30.3 Å². The fourth-order valence-electron chi connectivity index (χ4n) is 3.10. The lowest BCUT2D eigenvalue weighted by Crippen LogP contribution is -2.39. The van der Waals surface area contributed by atoms with E-state index in [0.29, 0.717) is 0 Å². The number of benzene rings is 1. The molecule has 1 aliphatic carbocycles. The van der Waals surface area contributed by atoms with Gasteiger partial charge in [0.2, 0.25) is 0 Å². The molecule has 2 N–H and O–H groups in total. The van der Waals surface area contributed by atoms with Crippen LogP contribution in [-0.4, -0.2) is 35.2 Å². The Hall–Kier alpha value is -1.55. The molecule has 0 bridgehead atoms. The van der Waals surface area contributed by atoms with E-state index in [2.05, 4.69) is 34.5 Å².